The lowest BCUT2D eigenvalue weighted by Gasteiger charge is -2.13. The van der Waals surface area contributed by atoms with E-state index in [1.807, 2.05) is 6.07 Å². The molecule has 0 unspecified atom stereocenters. The molecule has 2 aromatic rings. The Balaban J connectivity index is 0.00000312. The number of aromatic nitrogens is 1. The summed E-state index contributed by atoms with van der Waals surface area (Å²) in [4.78, 5) is 8.43. The molecule has 5 nitrogen and oxygen atoms in total. The van der Waals surface area contributed by atoms with Crippen molar-refractivity contribution in [2.24, 2.45) is 4.99 Å². The van der Waals surface area contributed by atoms with Gasteiger partial charge < -0.3 is 15.1 Å². The number of halogens is 2. The summed E-state index contributed by atoms with van der Waals surface area (Å²) in [6.07, 6.45) is 2.47. The molecule has 0 radical (unpaired) electrons. The van der Waals surface area contributed by atoms with Crippen molar-refractivity contribution >= 4 is 29.9 Å². The van der Waals surface area contributed by atoms with Gasteiger partial charge >= 0.3 is 0 Å². The quantitative estimate of drug-likeness (QED) is 0.407. The molecule has 2 N–H and O–H groups in total. The first-order chi connectivity index (χ1) is 11.4. The third-order valence-electron chi connectivity index (χ3n) is 3.52. The fourth-order valence-electron chi connectivity index (χ4n) is 2.14. The average molecular weight is 460 g/mol. The van der Waals surface area contributed by atoms with Crippen LogP contribution in [-0.2, 0) is 18.4 Å². The highest BCUT2D eigenvalue weighted by atomic mass is 127. The smallest absolute Gasteiger partial charge is 0.213 e. The van der Waals surface area contributed by atoms with Crippen LogP contribution in [0, 0.1) is 5.82 Å². The zero-order chi connectivity index (χ0) is 17.6. The van der Waals surface area contributed by atoms with Gasteiger partial charge in [0.05, 0.1) is 12.7 Å². The standard InChI is InChI=1S/C18H25FN4O.HI/c1-18(2,3)15-11-22-16(24-15)12-23-17(20-4)21-9-8-13-6-5-7-14(19)10-13;/h5-7,10-11H,8-9,12H2,1-4H3,(H2,20,21,23);1H. The van der Waals surface area contributed by atoms with Crippen LogP contribution < -0.4 is 10.6 Å². The van der Waals surface area contributed by atoms with Gasteiger partial charge in [-0.05, 0) is 24.1 Å². The fourth-order valence-corrected chi connectivity index (χ4v) is 2.14. The highest BCUT2D eigenvalue weighted by Gasteiger charge is 2.19. The van der Waals surface area contributed by atoms with Crippen molar-refractivity contribution in [2.45, 2.75) is 39.2 Å². The zero-order valence-electron chi connectivity index (χ0n) is 15.1. The molecule has 0 bridgehead atoms. The zero-order valence-corrected chi connectivity index (χ0v) is 17.4. The van der Waals surface area contributed by atoms with Crippen molar-refractivity contribution in [3.8, 4) is 0 Å². The predicted octanol–water partition coefficient (Wildman–Crippen LogP) is 3.64. The number of hydrogen-bond donors (Lipinski definition) is 2. The number of nitrogens with zero attached hydrogens (tertiary/aromatic N) is 2. The minimum Gasteiger partial charge on any atom is -0.443 e. The van der Waals surface area contributed by atoms with E-state index < -0.39 is 0 Å². The van der Waals surface area contributed by atoms with E-state index >= 15 is 0 Å². The van der Waals surface area contributed by atoms with Gasteiger partial charge in [-0.15, -0.1) is 24.0 Å². The summed E-state index contributed by atoms with van der Waals surface area (Å²) in [5.41, 5.74) is 0.885. The Morgan fingerprint density at radius 3 is 2.64 bits per heavy atom. The molecule has 0 aliphatic rings. The Hall–Kier alpha value is -1.64. The van der Waals surface area contributed by atoms with Gasteiger partial charge in [-0.25, -0.2) is 9.37 Å². The number of oxazole rings is 1. The second-order valence-electron chi connectivity index (χ2n) is 6.60. The van der Waals surface area contributed by atoms with Crippen molar-refractivity contribution in [1.82, 2.24) is 15.6 Å². The van der Waals surface area contributed by atoms with E-state index in [4.69, 9.17) is 4.42 Å². The molecule has 0 atom stereocenters. The molecule has 25 heavy (non-hydrogen) atoms. The van der Waals surface area contributed by atoms with Crippen LogP contribution in [0.1, 0.15) is 38.0 Å². The molecule has 0 aliphatic heterocycles. The van der Waals surface area contributed by atoms with Crippen LogP contribution in [0.3, 0.4) is 0 Å². The highest BCUT2D eigenvalue weighted by molar-refractivity contribution is 14.0. The first kappa shape index (κ1) is 21.4. The third kappa shape index (κ3) is 7.01. The van der Waals surface area contributed by atoms with E-state index in [1.165, 1.54) is 6.07 Å². The van der Waals surface area contributed by atoms with Crippen molar-refractivity contribution in [1.29, 1.82) is 0 Å². The Labute approximate surface area is 165 Å². The molecule has 0 fully saturated rings. The van der Waals surface area contributed by atoms with Gasteiger partial charge in [0.1, 0.15) is 11.6 Å². The molecule has 1 aromatic heterocycles. The van der Waals surface area contributed by atoms with Gasteiger partial charge in [0.15, 0.2) is 5.96 Å². The summed E-state index contributed by atoms with van der Waals surface area (Å²) in [5.74, 6) is 1.91. The lowest BCUT2D eigenvalue weighted by Crippen LogP contribution is -2.37. The second-order valence-corrected chi connectivity index (χ2v) is 6.60. The largest absolute Gasteiger partial charge is 0.443 e. The molecule has 0 amide bonds. The van der Waals surface area contributed by atoms with Gasteiger partial charge in [-0.2, -0.15) is 0 Å². The summed E-state index contributed by atoms with van der Waals surface area (Å²) in [6, 6.07) is 6.60. The van der Waals surface area contributed by atoms with Gasteiger partial charge in [0, 0.05) is 19.0 Å². The first-order valence-corrected chi connectivity index (χ1v) is 8.02. The lowest BCUT2D eigenvalue weighted by atomic mass is 9.94. The lowest BCUT2D eigenvalue weighted by molar-refractivity contribution is 0.379. The summed E-state index contributed by atoms with van der Waals surface area (Å²) in [7, 11) is 1.70. The molecule has 1 aromatic carbocycles. The molecule has 7 heteroatoms. The van der Waals surface area contributed by atoms with Crippen LogP contribution >= 0.6 is 24.0 Å². The average Bonchev–Trinajstić information content (AvgIpc) is 3.00. The summed E-state index contributed by atoms with van der Waals surface area (Å²) in [6.45, 7) is 7.35. The van der Waals surface area contributed by atoms with E-state index in [2.05, 4.69) is 41.4 Å². The normalized spacial score (nSPS) is 11.8. The Morgan fingerprint density at radius 1 is 1.28 bits per heavy atom. The number of nitrogens with one attached hydrogen (secondary N) is 2. The van der Waals surface area contributed by atoms with E-state index in [-0.39, 0.29) is 35.2 Å². The molecule has 0 aliphatic carbocycles. The van der Waals surface area contributed by atoms with Gasteiger partial charge in [-0.1, -0.05) is 32.9 Å². The molecular weight excluding hydrogens is 434 g/mol. The van der Waals surface area contributed by atoms with E-state index in [1.54, 1.807) is 25.4 Å². The Kier molecular flexibility index (Phi) is 8.34. The molecule has 1 heterocycles. The molecule has 138 valence electrons. The fraction of sp³-hybridized carbons (Fsp3) is 0.444. The number of aliphatic imine (C=N–C) groups is 1. The van der Waals surface area contributed by atoms with Crippen LogP contribution in [0.2, 0.25) is 0 Å². The molecule has 0 saturated heterocycles. The summed E-state index contributed by atoms with van der Waals surface area (Å²) >= 11 is 0. The number of guanidine groups is 1. The van der Waals surface area contributed by atoms with Gasteiger partial charge in [0.2, 0.25) is 5.89 Å². The highest BCUT2D eigenvalue weighted by Crippen LogP contribution is 2.22. The third-order valence-corrected chi connectivity index (χ3v) is 3.52. The molecular formula is C18H26FIN4O. The topological polar surface area (TPSA) is 62.5 Å². The molecule has 0 spiro atoms. The van der Waals surface area contributed by atoms with Crippen molar-refractivity contribution in [3.63, 3.8) is 0 Å². The number of hydrogen-bond acceptors (Lipinski definition) is 3. The maximum absolute atomic E-state index is 13.1. The molecule has 2 rings (SSSR count). The Morgan fingerprint density at radius 2 is 2.04 bits per heavy atom. The van der Waals surface area contributed by atoms with Crippen LogP contribution in [0.5, 0.6) is 0 Å². The van der Waals surface area contributed by atoms with Crippen molar-refractivity contribution in [3.05, 3.63) is 53.5 Å². The van der Waals surface area contributed by atoms with Gasteiger partial charge in [0.25, 0.3) is 0 Å². The van der Waals surface area contributed by atoms with E-state index in [9.17, 15) is 4.39 Å². The first-order valence-electron chi connectivity index (χ1n) is 8.02. The minimum atomic E-state index is -0.214. The second kappa shape index (κ2) is 9.74. The van der Waals surface area contributed by atoms with Crippen LogP contribution in [0.15, 0.2) is 39.9 Å². The van der Waals surface area contributed by atoms with Crippen LogP contribution in [-0.4, -0.2) is 24.5 Å². The van der Waals surface area contributed by atoms with Crippen molar-refractivity contribution in [2.75, 3.05) is 13.6 Å². The SMILES string of the molecule is CN=C(NCCc1cccc(F)c1)NCc1ncc(C(C)(C)C)o1.I. The van der Waals surface area contributed by atoms with Crippen LogP contribution in [0.4, 0.5) is 4.39 Å². The van der Waals surface area contributed by atoms with Crippen molar-refractivity contribution < 1.29 is 8.81 Å². The summed E-state index contributed by atoms with van der Waals surface area (Å²) in [5, 5.41) is 6.35. The van der Waals surface area contributed by atoms with E-state index in [0.717, 1.165) is 11.3 Å². The number of benzene rings is 1. The van der Waals surface area contributed by atoms with Gasteiger partial charge in [-0.3, -0.25) is 4.99 Å². The van der Waals surface area contributed by atoms with E-state index in [0.29, 0.717) is 31.4 Å². The monoisotopic (exact) mass is 460 g/mol. The minimum absolute atomic E-state index is 0. The maximum Gasteiger partial charge on any atom is 0.213 e. The molecule has 0 saturated carbocycles. The summed E-state index contributed by atoms with van der Waals surface area (Å²) < 4.78 is 18.9. The number of rotatable bonds is 5. The van der Waals surface area contributed by atoms with Crippen LogP contribution in [0.25, 0.3) is 0 Å². The Bertz CT molecular complexity index is 694. The predicted molar refractivity (Wildman–Crippen MR) is 109 cm³/mol. The maximum atomic E-state index is 13.1.